The minimum absolute atomic E-state index is 0.117. The van der Waals surface area contributed by atoms with Crippen LogP contribution in [-0.2, 0) is 32.3 Å². The minimum Gasteiger partial charge on any atom is -0.459 e. The molecule has 0 aliphatic carbocycles. The molecule has 28 heavy (non-hydrogen) atoms. The molecule has 1 aliphatic rings. The number of ether oxygens (including phenoxy) is 2. The normalized spacial score (nSPS) is 18.2. The molecule has 2 aromatic carbocycles. The van der Waals surface area contributed by atoms with Crippen molar-refractivity contribution in [3.63, 3.8) is 0 Å². The lowest BCUT2D eigenvalue weighted by Gasteiger charge is -2.21. The van der Waals surface area contributed by atoms with Crippen molar-refractivity contribution >= 4 is 17.7 Å². The molecule has 2 aromatic rings. The third kappa shape index (κ3) is 4.39. The lowest BCUT2D eigenvalue weighted by atomic mass is 9.97. The van der Waals surface area contributed by atoms with Crippen molar-refractivity contribution in [2.45, 2.75) is 45.9 Å². The summed E-state index contributed by atoms with van der Waals surface area (Å²) in [5, 5.41) is 4.01. The fourth-order valence-electron chi connectivity index (χ4n) is 2.91. The second-order valence-corrected chi connectivity index (χ2v) is 7.18. The molecule has 0 saturated carbocycles. The van der Waals surface area contributed by atoms with Gasteiger partial charge in [0.1, 0.15) is 18.9 Å². The van der Waals surface area contributed by atoms with E-state index in [-0.39, 0.29) is 25.3 Å². The summed E-state index contributed by atoms with van der Waals surface area (Å²) in [6.45, 7) is 5.93. The van der Waals surface area contributed by atoms with E-state index in [4.69, 9.17) is 9.47 Å². The van der Waals surface area contributed by atoms with E-state index in [2.05, 4.69) is 10.5 Å². The molecule has 1 N–H and O–H groups in total. The van der Waals surface area contributed by atoms with Gasteiger partial charge in [-0.25, -0.2) is 9.59 Å². The summed E-state index contributed by atoms with van der Waals surface area (Å²) >= 11 is 0. The van der Waals surface area contributed by atoms with Gasteiger partial charge >= 0.3 is 11.9 Å². The van der Waals surface area contributed by atoms with Gasteiger partial charge in [-0.3, -0.25) is 5.43 Å². The number of hydrogen-bond acceptors (Lipinski definition) is 6. The molecule has 0 fully saturated rings. The summed E-state index contributed by atoms with van der Waals surface area (Å²) < 4.78 is 10.8. The summed E-state index contributed by atoms with van der Waals surface area (Å²) in [4.78, 5) is 24.9. The Kier molecular flexibility index (Phi) is 5.78. The highest BCUT2D eigenvalue weighted by Gasteiger charge is 2.42. The van der Waals surface area contributed by atoms with Crippen molar-refractivity contribution in [3.05, 3.63) is 70.8 Å². The number of carbonyl (C=O) groups is 2. The van der Waals surface area contributed by atoms with Crippen LogP contribution >= 0.6 is 0 Å². The summed E-state index contributed by atoms with van der Waals surface area (Å²) in [5.41, 5.74) is 5.81. The molecule has 1 aliphatic heterocycles. The van der Waals surface area contributed by atoms with Crippen LogP contribution in [0.25, 0.3) is 0 Å². The lowest BCUT2D eigenvalue weighted by molar-refractivity contribution is -0.151. The first kappa shape index (κ1) is 19.6. The Balaban J connectivity index is 1.53. The van der Waals surface area contributed by atoms with Gasteiger partial charge in [-0.1, -0.05) is 48.5 Å². The number of hydrazone groups is 1. The molecule has 0 amide bonds. The van der Waals surface area contributed by atoms with Crippen molar-refractivity contribution in [2.24, 2.45) is 5.10 Å². The maximum atomic E-state index is 12.5. The molecule has 1 atom stereocenters. The van der Waals surface area contributed by atoms with E-state index < -0.39 is 17.5 Å². The zero-order valence-electron chi connectivity index (χ0n) is 16.3. The molecular formula is C22H24N2O4. The van der Waals surface area contributed by atoms with Gasteiger partial charge in [0.25, 0.3) is 0 Å². The summed E-state index contributed by atoms with van der Waals surface area (Å²) in [6, 6.07) is 15.4. The van der Waals surface area contributed by atoms with E-state index in [9.17, 15) is 9.59 Å². The zero-order valence-corrected chi connectivity index (χ0v) is 16.3. The van der Waals surface area contributed by atoms with Crippen molar-refractivity contribution in [3.8, 4) is 0 Å². The van der Waals surface area contributed by atoms with Crippen LogP contribution in [0.1, 0.15) is 35.6 Å². The summed E-state index contributed by atoms with van der Waals surface area (Å²) in [6.07, 6.45) is 0.117. The molecule has 0 saturated heterocycles. The van der Waals surface area contributed by atoms with Gasteiger partial charge in [0.15, 0.2) is 5.54 Å². The standard InChI is InChI=1S/C22H24N2O4/c1-15-8-4-6-10-17(15)13-27-20(25)19-12-22(3,24-23-19)21(26)28-14-18-11-7-5-9-16(18)2/h4-11,24H,12-14H2,1-3H3. The average molecular weight is 380 g/mol. The highest BCUT2D eigenvalue weighted by Crippen LogP contribution is 2.21. The number of hydrogen-bond donors (Lipinski definition) is 1. The molecule has 0 aromatic heterocycles. The predicted octanol–water partition coefficient (Wildman–Crippen LogP) is 3.20. The number of nitrogens with zero attached hydrogens (tertiary/aromatic N) is 1. The molecule has 6 heteroatoms. The van der Waals surface area contributed by atoms with Crippen LogP contribution in [0.4, 0.5) is 0 Å². The van der Waals surface area contributed by atoms with Gasteiger partial charge < -0.3 is 9.47 Å². The number of esters is 2. The van der Waals surface area contributed by atoms with E-state index in [0.717, 1.165) is 22.3 Å². The monoisotopic (exact) mass is 380 g/mol. The topological polar surface area (TPSA) is 77.0 Å². The number of nitrogens with one attached hydrogen (secondary N) is 1. The third-order valence-electron chi connectivity index (χ3n) is 4.88. The van der Waals surface area contributed by atoms with Crippen molar-refractivity contribution < 1.29 is 19.1 Å². The summed E-state index contributed by atoms with van der Waals surface area (Å²) in [5.74, 6) is -0.993. The fourth-order valence-corrected chi connectivity index (χ4v) is 2.91. The van der Waals surface area contributed by atoms with Gasteiger partial charge in [-0.05, 0) is 43.0 Å². The number of benzene rings is 2. The average Bonchev–Trinajstić information content (AvgIpc) is 3.10. The van der Waals surface area contributed by atoms with Crippen molar-refractivity contribution in [2.75, 3.05) is 0 Å². The van der Waals surface area contributed by atoms with Gasteiger partial charge in [0.2, 0.25) is 0 Å². The van der Waals surface area contributed by atoms with Crippen molar-refractivity contribution in [1.29, 1.82) is 0 Å². The Labute approximate surface area is 164 Å². The maximum Gasteiger partial charge on any atom is 0.354 e. The first-order valence-electron chi connectivity index (χ1n) is 9.16. The Morgan fingerprint density at radius 2 is 1.50 bits per heavy atom. The second kappa shape index (κ2) is 8.25. The van der Waals surface area contributed by atoms with E-state index in [1.54, 1.807) is 6.92 Å². The first-order chi connectivity index (χ1) is 13.4. The zero-order chi connectivity index (χ0) is 20.1. The molecule has 1 heterocycles. The van der Waals surface area contributed by atoms with Crippen LogP contribution in [0.3, 0.4) is 0 Å². The Bertz CT molecular complexity index is 922. The van der Waals surface area contributed by atoms with E-state index in [0.29, 0.717) is 0 Å². The number of rotatable bonds is 6. The molecule has 6 nitrogen and oxygen atoms in total. The van der Waals surface area contributed by atoms with Crippen LogP contribution in [0.15, 0.2) is 53.6 Å². The molecule has 0 bridgehead atoms. The molecule has 3 rings (SSSR count). The molecule has 0 spiro atoms. The molecular weight excluding hydrogens is 356 g/mol. The predicted molar refractivity (Wildman–Crippen MR) is 106 cm³/mol. The molecule has 0 radical (unpaired) electrons. The van der Waals surface area contributed by atoms with Crippen LogP contribution in [0.2, 0.25) is 0 Å². The Hall–Kier alpha value is -3.15. The molecule has 146 valence electrons. The van der Waals surface area contributed by atoms with Crippen LogP contribution in [0, 0.1) is 13.8 Å². The number of aryl methyl sites for hydroxylation is 2. The Morgan fingerprint density at radius 1 is 0.964 bits per heavy atom. The first-order valence-corrected chi connectivity index (χ1v) is 9.16. The maximum absolute atomic E-state index is 12.5. The largest absolute Gasteiger partial charge is 0.459 e. The fraction of sp³-hybridized carbons (Fsp3) is 0.318. The van der Waals surface area contributed by atoms with Gasteiger partial charge in [0.05, 0.1) is 0 Å². The summed E-state index contributed by atoms with van der Waals surface area (Å²) in [7, 11) is 0. The van der Waals surface area contributed by atoms with Crippen LogP contribution in [-0.4, -0.2) is 23.2 Å². The van der Waals surface area contributed by atoms with E-state index >= 15 is 0 Å². The van der Waals surface area contributed by atoms with Crippen LogP contribution in [0.5, 0.6) is 0 Å². The lowest BCUT2D eigenvalue weighted by Crippen LogP contribution is -2.45. The quantitative estimate of drug-likeness (QED) is 0.779. The smallest absolute Gasteiger partial charge is 0.354 e. The number of carbonyl (C=O) groups excluding carboxylic acids is 2. The van der Waals surface area contributed by atoms with Crippen LogP contribution < -0.4 is 5.43 Å². The highest BCUT2D eigenvalue weighted by atomic mass is 16.5. The van der Waals surface area contributed by atoms with Gasteiger partial charge in [0, 0.05) is 6.42 Å². The van der Waals surface area contributed by atoms with Gasteiger partial charge in [-0.2, -0.15) is 5.10 Å². The second-order valence-electron chi connectivity index (χ2n) is 7.18. The highest BCUT2D eigenvalue weighted by molar-refractivity contribution is 6.37. The van der Waals surface area contributed by atoms with E-state index in [1.807, 2.05) is 62.4 Å². The minimum atomic E-state index is -1.08. The van der Waals surface area contributed by atoms with Gasteiger partial charge in [-0.15, -0.1) is 0 Å². The van der Waals surface area contributed by atoms with Crippen molar-refractivity contribution in [1.82, 2.24) is 5.43 Å². The third-order valence-corrected chi connectivity index (χ3v) is 4.88. The SMILES string of the molecule is Cc1ccccc1COC(=O)C1=NNC(C)(C(=O)OCc2ccccc2C)C1. The van der Waals surface area contributed by atoms with E-state index in [1.165, 1.54) is 0 Å². The Morgan fingerprint density at radius 3 is 2.07 bits per heavy atom. The molecule has 1 unspecified atom stereocenters.